The Morgan fingerprint density at radius 2 is 1.66 bits per heavy atom. The van der Waals surface area contributed by atoms with E-state index in [1.165, 1.54) is 0 Å². The van der Waals surface area contributed by atoms with Crippen LogP contribution >= 0.6 is 11.6 Å². The number of rotatable bonds is 12. The molecule has 0 bridgehead atoms. The zero-order valence-electron chi connectivity index (χ0n) is 22.4. The van der Waals surface area contributed by atoms with Crippen LogP contribution in [-0.4, -0.2) is 36.2 Å². The third kappa shape index (κ3) is 6.30. The van der Waals surface area contributed by atoms with Crippen LogP contribution in [-0.2, 0) is 16.8 Å². The van der Waals surface area contributed by atoms with Gasteiger partial charge in [0.25, 0.3) is 0 Å². The zero-order valence-corrected chi connectivity index (χ0v) is 23.2. The highest BCUT2D eigenvalue weighted by Crippen LogP contribution is 2.39. The lowest BCUT2D eigenvalue weighted by atomic mass is 9.70. The number of hydrogen-bond acceptors (Lipinski definition) is 4. The summed E-state index contributed by atoms with van der Waals surface area (Å²) in [5.41, 5.74) is 2.24. The Morgan fingerprint density at radius 1 is 1.00 bits per heavy atom. The van der Waals surface area contributed by atoms with Gasteiger partial charge in [-0.3, -0.25) is 4.90 Å². The molecule has 0 aliphatic carbocycles. The van der Waals surface area contributed by atoms with Gasteiger partial charge in [-0.15, -0.1) is 0 Å². The first-order valence-corrected chi connectivity index (χ1v) is 13.7. The number of hydrogen-bond donors (Lipinski definition) is 0. The number of nitriles is 1. The second kappa shape index (κ2) is 12.6. The molecule has 1 unspecified atom stereocenters. The molecule has 1 fully saturated rings. The van der Waals surface area contributed by atoms with Crippen molar-refractivity contribution in [1.29, 1.82) is 5.26 Å². The minimum absolute atomic E-state index is 0.0835. The van der Waals surface area contributed by atoms with E-state index in [9.17, 15) is 5.26 Å². The molecule has 38 heavy (non-hydrogen) atoms. The Kier molecular flexibility index (Phi) is 9.28. The first kappa shape index (κ1) is 27.9. The van der Waals surface area contributed by atoms with Gasteiger partial charge in [0.2, 0.25) is 0 Å². The molecule has 3 aromatic carbocycles. The maximum absolute atomic E-state index is 10.5. The van der Waals surface area contributed by atoms with E-state index in [4.69, 9.17) is 21.1 Å². The number of halogens is 1. The fraction of sp³-hybridized carbons (Fsp3) is 0.364. The molecule has 1 atom stereocenters. The molecule has 0 aromatic heterocycles. The average Bonchev–Trinajstić information content (AvgIpc) is 3.44. The lowest BCUT2D eigenvalue weighted by molar-refractivity contribution is 0.0340. The largest absolute Gasteiger partial charge is 0.488 e. The molecule has 1 aliphatic rings. The van der Waals surface area contributed by atoms with Gasteiger partial charge in [0.05, 0.1) is 23.8 Å². The quantitative estimate of drug-likeness (QED) is 0.227. The summed E-state index contributed by atoms with van der Waals surface area (Å²) in [5, 5.41) is 11.1. The molecule has 5 heteroatoms. The molecular weight excluding hydrogens is 492 g/mol. The summed E-state index contributed by atoms with van der Waals surface area (Å²) in [7, 11) is 0. The Bertz CT molecular complexity index is 1200. The normalized spacial score (nSPS) is 16.2. The molecule has 3 aromatic rings. The number of benzene rings is 3. The average molecular weight is 529 g/mol. The molecule has 198 valence electrons. The Morgan fingerprint density at radius 3 is 2.26 bits per heavy atom. The maximum Gasteiger partial charge on any atom is 0.138 e. The van der Waals surface area contributed by atoms with E-state index < -0.39 is 5.41 Å². The van der Waals surface area contributed by atoms with Gasteiger partial charge >= 0.3 is 0 Å². The summed E-state index contributed by atoms with van der Waals surface area (Å²) >= 11 is 6.55. The number of likely N-dealkylation sites (tertiary alicyclic amines) is 1. The van der Waals surface area contributed by atoms with Gasteiger partial charge in [-0.05, 0) is 50.3 Å². The Hall–Kier alpha value is -3.10. The third-order valence-corrected chi connectivity index (χ3v) is 8.14. The summed E-state index contributed by atoms with van der Waals surface area (Å²) in [6, 6.07) is 28.9. The first-order chi connectivity index (χ1) is 18.4. The molecule has 0 saturated carbocycles. The molecule has 4 rings (SSSR count). The predicted molar refractivity (Wildman–Crippen MR) is 155 cm³/mol. The van der Waals surface area contributed by atoms with E-state index >= 15 is 0 Å². The van der Waals surface area contributed by atoms with Crippen LogP contribution in [0.2, 0.25) is 5.02 Å². The molecular formula is C33H37ClN2O2. The van der Waals surface area contributed by atoms with Crippen LogP contribution in [0.5, 0.6) is 5.75 Å². The van der Waals surface area contributed by atoms with Gasteiger partial charge < -0.3 is 9.47 Å². The summed E-state index contributed by atoms with van der Waals surface area (Å²) in [6.07, 6.45) is 4.42. The van der Waals surface area contributed by atoms with Crippen LogP contribution in [0.4, 0.5) is 0 Å². The van der Waals surface area contributed by atoms with Crippen molar-refractivity contribution >= 4 is 11.6 Å². The van der Waals surface area contributed by atoms with Gasteiger partial charge in [-0.25, -0.2) is 0 Å². The van der Waals surface area contributed by atoms with Crippen molar-refractivity contribution in [3.63, 3.8) is 0 Å². The third-order valence-electron chi connectivity index (χ3n) is 7.71. The van der Waals surface area contributed by atoms with Crippen molar-refractivity contribution in [2.45, 2.75) is 56.8 Å². The summed E-state index contributed by atoms with van der Waals surface area (Å²) in [6.45, 7) is 10.9. The van der Waals surface area contributed by atoms with Gasteiger partial charge in [-0.1, -0.05) is 97.1 Å². The summed E-state index contributed by atoms with van der Waals surface area (Å²) < 4.78 is 12.0. The van der Waals surface area contributed by atoms with Crippen molar-refractivity contribution in [3.05, 3.63) is 113 Å². The standard InChI is InChI=1S/C33H37ClN2O2/c1-4-22-37-30-17-11-12-26(31(30)34)24-38-29-18-21-36(23-29)32(2,3)19-20-33(25-35,27-13-7-5-8-14-27)28-15-9-6-10-16-28/h4-17,29H,1,18-24H2,2-3H3. The van der Waals surface area contributed by atoms with Gasteiger partial charge in [0.15, 0.2) is 0 Å². The van der Waals surface area contributed by atoms with E-state index in [0.717, 1.165) is 49.0 Å². The van der Waals surface area contributed by atoms with E-state index in [1.807, 2.05) is 54.6 Å². The molecule has 0 spiro atoms. The first-order valence-electron chi connectivity index (χ1n) is 13.3. The highest BCUT2D eigenvalue weighted by atomic mass is 35.5. The lowest BCUT2D eigenvalue weighted by Gasteiger charge is -2.38. The van der Waals surface area contributed by atoms with E-state index in [0.29, 0.717) is 24.0 Å². The van der Waals surface area contributed by atoms with Gasteiger partial charge in [0.1, 0.15) is 17.8 Å². The highest BCUT2D eigenvalue weighted by Gasteiger charge is 2.39. The van der Waals surface area contributed by atoms with Crippen molar-refractivity contribution in [2.75, 3.05) is 19.7 Å². The molecule has 1 heterocycles. The fourth-order valence-electron chi connectivity index (χ4n) is 5.29. The second-order valence-corrected chi connectivity index (χ2v) is 10.9. The highest BCUT2D eigenvalue weighted by molar-refractivity contribution is 6.32. The number of nitrogens with zero attached hydrogens (tertiary/aromatic N) is 2. The van der Waals surface area contributed by atoms with Gasteiger partial charge in [0, 0.05) is 24.2 Å². The molecule has 0 amide bonds. The molecule has 1 aliphatic heterocycles. The van der Waals surface area contributed by atoms with Crippen LogP contribution in [0, 0.1) is 11.3 Å². The van der Waals surface area contributed by atoms with Crippen molar-refractivity contribution in [3.8, 4) is 11.8 Å². The van der Waals surface area contributed by atoms with Crippen LogP contribution in [0.3, 0.4) is 0 Å². The maximum atomic E-state index is 10.5. The van der Waals surface area contributed by atoms with E-state index in [2.05, 4.69) is 55.7 Å². The van der Waals surface area contributed by atoms with Gasteiger partial charge in [-0.2, -0.15) is 5.26 Å². The Balaban J connectivity index is 1.41. The monoisotopic (exact) mass is 528 g/mol. The minimum atomic E-state index is -0.690. The molecule has 1 saturated heterocycles. The predicted octanol–water partition coefficient (Wildman–Crippen LogP) is 7.56. The lowest BCUT2D eigenvalue weighted by Crippen LogP contribution is -2.44. The Labute approximate surface area is 232 Å². The number of ether oxygens (including phenoxy) is 2. The van der Waals surface area contributed by atoms with Crippen molar-refractivity contribution in [1.82, 2.24) is 4.90 Å². The summed E-state index contributed by atoms with van der Waals surface area (Å²) in [5.74, 6) is 0.652. The van der Waals surface area contributed by atoms with E-state index in [1.54, 1.807) is 6.08 Å². The van der Waals surface area contributed by atoms with Crippen molar-refractivity contribution in [2.24, 2.45) is 0 Å². The SMILES string of the molecule is C=CCOc1cccc(COC2CCN(C(C)(C)CCC(C#N)(c3ccccc3)c3ccccc3)C2)c1Cl. The minimum Gasteiger partial charge on any atom is -0.488 e. The van der Waals surface area contributed by atoms with Crippen LogP contribution in [0.15, 0.2) is 91.5 Å². The second-order valence-electron chi connectivity index (χ2n) is 10.6. The smallest absolute Gasteiger partial charge is 0.138 e. The zero-order chi connectivity index (χ0) is 27.0. The molecule has 0 N–H and O–H groups in total. The summed E-state index contributed by atoms with van der Waals surface area (Å²) in [4.78, 5) is 2.50. The van der Waals surface area contributed by atoms with Crippen molar-refractivity contribution < 1.29 is 9.47 Å². The van der Waals surface area contributed by atoms with E-state index in [-0.39, 0.29) is 11.6 Å². The fourth-order valence-corrected chi connectivity index (χ4v) is 5.52. The van der Waals surface area contributed by atoms with Crippen LogP contribution < -0.4 is 4.74 Å². The molecule has 0 radical (unpaired) electrons. The van der Waals surface area contributed by atoms with Crippen LogP contribution in [0.1, 0.15) is 49.8 Å². The topological polar surface area (TPSA) is 45.5 Å². The van der Waals surface area contributed by atoms with Crippen LogP contribution in [0.25, 0.3) is 0 Å². The molecule has 4 nitrogen and oxygen atoms in total.